The highest BCUT2D eigenvalue weighted by atomic mass is 16.3. The number of aromatic amines is 1. The van der Waals surface area contributed by atoms with E-state index in [1.807, 2.05) is 86.6 Å². The van der Waals surface area contributed by atoms with E-state index >= 15 is 0 Å². The molecule has 0 unspecified atom stereocenters. The number of hydrogen-bond donors (Lipinski definition) is 4. The molecule has 0 radical (unpaired) electrons. The van der Waals surface area contributed by atoms with Crippen LogP contribution in [0.1, 0.15) is 44.7 Å². The van der Waals surface area contributed by atoms with Crippen molar-refractivity contribution in [3.8, 4) is 16.8 Å². The van der Waals surface area contributed by atoms with Crippen molar-refractivity contribution in [3.63, 3.8) is 0 Å². The summed E-state index contributed by atoms with van der Waals surface area (Å²) in [5.41, 5.74) is 4.41. The van der Waals surface area contributed by atoms with Crippen LogP contribution < -0.4 is 21.2 Å². The number of β-amino-alcohol motifs (C(OH)–C–C–N with tert-alkyl or cyclic N) is 1. The summed E-state index contributed by atoms with van der Waals surface area (Å²) in [7, 11) is 0. The molecule has 4 N–H and O–H groups in total. The number of para-hydroxylation sites is 2. The van der Waals surface area contributed by atoms with Gasteiger partial charge in [-0.05, 0) is 62.4 Å². The van der Waals surface area contributed by atoms with Gasteiger partial charge < -0.3 is 20.6 Å². The lowest BCUT2D eigenvalue weighted by Gasteiger charge is -2.29. The van der Waals surface area contributed by atoms with E-state index in [4.69, 9.17) is 0 Å². The average Bonchev–Trinajstić information content (AvgIpc) is 3.37. The molecule has 1 aromatic heterocycles. The molecule has 10 heteroatoms. The molecule has 2 amide bonds. The van der Waals surface area contributed by atoms with E-state index in [9.17, 15) is 19.5 Å². The molecule has 0 saturated heterocycles. The van der Waals surface area contributed by atoms with Gasteiger partial charge in [0, 0.05) is 29.8 Å². The largest absolute Gasteiger partial charge is 0.392 e. The molecule has 5 rings (SSSR count). The third-order valence-electron chi connectivity index (χ3n) is 7.65. The molecule has 43 heavy (non-hydrogen) atoms. The van der Waals surface area contributed by atoms with Crippen LogP contribution in [0.4, 0.5) is 5.69 Å². The third-order valence-corrected chi connectivity index (χ3v) is 7.65. The number of rotatable bonds is 10. The Morgan fingerprint density at radius 3 is 2.44 bits per heavy atom. The highest BCUT2D eigenvalue weighted by Crippen LogP contribution is 2.30. The second kappa shape index (κ2) is 12.8. The number of hydrogen-bond acceptors (Lipinski definition) is 6. The minimum Gasteiger partial charge on any atom is -0.392 e. The van der Waals surface area contributed by atoms with E-state index in [-0.39, 0.29) is 23.9 Å². The van der Waals surface area contributed by atoms with Crippen molar-refractivity contribution in [1.82, 2.24) is 25.4 Å². The molecule has 4 aromatic rings. The van der Waals surface area contributed by atoms with Crippen molar-refractivity contribution >= 4 is 17.5 Å². The first-order valence-electron chi connectivity index (χ1n) is 14.5. The van der Waals surface area contributed by atoms with Crippen molar-refractivity contribution in [2.75, 3.05) is 11.4 Å². The molecule has 3 aromatic carbocycles. The van der Waals surface area contributed by atoms with Gasteiger partial charge in [-0.15, -0.1) is 0 Å². The fourth-order valence-electron chi connectivity index (χ4n) is 5.45. The first kappa shape index (κ1) is 29.9. The topological polar surface area (TPSA) is 132 Å². The molecule has 1 aliphatic heterocycles. The number of aliphatic hydroxyl groups is 1. The molecular formula is C33H38N6O4. The maximum atomic E-state index is 13.9. The second-order valence-electron chi connectivity index (χ2n) is 11.7. The molecule has 1 aliphatic rings. The van der Waals surface area contributed by atoms with Crippen molar-refractivity contribution < 1.29 is 14.7 Å². The number of carbonyl (C=O) groups is 2. The third kappa shape index (κ3) is 7.10. The Balaban J connectivity index is 1.35. The molecular weight excluding hydrogens is 544 g/mol. The van der Waals surface area contributed by atoms with Gasteiger partial charge >= 0.3 is 5.69 Å². The molecule has 0 saturated carbocycles. The highest BCUT2D eigenvalue weighted by Gasteiger charge is 2.32. The van der Waals surface area contributed by atoms with Gasteiger partial charge in [-0.2, -0.15) is 9.78 Å². The van der Waals surface area contributed by atoms with Crippen LogP contribution in [0.2, 0.25) is 0 Å². The number of H-pyrrole nitrogens is 1. The number of carbonyl (C=O) groups excluding carboxylic acids is 2. The SMILES string of the molecule is C[C@@H](O)CNC(C)(C)CC(=O)N[C@@H]1CCc2ccccc2N(Cc2ccc(-c3ccccc3-n3nc[nH]c3=O)cc2)C1=O. The number of aromatic nitrogens is 3. The number of amides is 2. The van der Waals surface area contributed by atoms with Crippen LogP contribution in [0, 0.1) is 0 Å². The Kier molecular flexibility index (Phi) is 8.89. The first-order valence-corrected chi connectivity index (χ1v) is 14.5. The van der Waals surface area contributed by atoms with Crippen LogP contribution in [0.15, 0.2) is 83.9 Å². The van der Waals surface area contributed by atoms with Crippen molar-refractivity contribution in [2.45, 2.75) is 64.3 Å². The van der Waals surface area contributed by atoms with Gasteiger partial charge in [0.1, 0.15) is 12.4 Å². The standard InChI is InChI=1S/C33H38N6O4/c1-22(40)19-35-33(2,3)18-30(41)37-27-17-16-25-8-4-6-10-28(25)38(31(27)42)20-23-12-14-24(15-13-23)26-9-5-7-11-29(26)39-32(43)34-21-36-39/h4-15,21-22,27,35,40H,16-20H2,1-3H3,(H,37,41)(H,34,36,43)/t22-,27-/m1/s1. The maximum absolute atomic E-state index is 13.9. The predicted molar refractivity (Wildman–Crippen MR) is 166 cm³/mol. The summed E-state index contributed by atoms with van der Waals surface area (Å²) in [4.78, 5) is 43.6. The second-order valence-corrected chi connectivity index (χ2v) is 11.7. The highest BCUT2D eigenvalue weighted by molar-refractivity contribution is 6.00. The number of aryl methyl sites for hydroxylation is 1. The minimum absolute atomic E-state index is 0.152. The zero-order chi connectivity index (χ0) is 30.6. The van der Waals surface area contributed by atoms with Crippen LogP contribution in [0.5, 0.6) is 0 Å². The predicted octanol–water partition coefficient (Wildman–Crippen LogP) is 3.33. The van der Waals surface area contributed by atoms with Gasteiger partial charge in [0.15, 0.2) is 0 Å². The molecule has 2 heterocycles. The quantitative estimate of drug-likeness (QED) is 0.227. The lowest BCUT2D eigenvalue weighted by Crippen LogP contribution is -2.51. The summed E-state index contributed by atoms with van der Waals surface area (Å²) in [5, 5.41) is 19.9. The fraction of sp³-hybridized carbons (Fsp3) is 0.333. The summed E-state index contributed by atoms with van der Waals surface area (Å²) in [6.07, 6.45) is 2.17. The molecule has 2 atom stereocenters. The summed E-state index contributed by atoms with van der Waals surface area (Å²) in [6.45, 7) is 6.21. The monoisotopic (exact) mass is 582 g/mol. The van der Waals surface area contributed by atoms with Gasteiger partial charge in [0.2, 0.25) is 11.8 Å². The van der Waals surface area contributed by atoms with Crippen LogP contribution in [0.25, 0.3) is 16.8 Å². The zero-order valence-corrected chi connectivity index (χ0v) is 24.7. The molecule has 0 fully saturated rings. The molecule has 0 aliphatic carbocycles. The molecule has 0 bridgehead atoms. The van der Waals surface area contributed by atoms with Gasteiger partial charge in [0.25, 0.3) is 0 Å². The summed E-state index contributed by atoms with van der Waals surface area (Å²) >= 11 is 0. The number of benzene rings is 3. The Labute approximate surface area is 250 Å². The van der Waals surface area contributed by atoms with Crippen LogP contribution >= 0.6 is 0 Å². The number of nitrogens with one attached hydrogen (secondary N) is 3. The van der Waals surface area contributed by atoms with Crippen LogP contribution in [-0.4, -0.2) is 55.9 Å². The summed E-state index contributed by atoms with van der Waals surface area (Å²) < 4.78 is 1.33. The smallest absolute Gasteiger partial charge is 0.347 e. The van der Waals surface area contributed by atoms with E-state index in [0.29, 0.717) is 31.6 Å². The van der Waals surface area contributed by atoms with Crippen molar-refractivity contribution in [1.29, 1.82) is 0 Å². The summed E-state index contributed by atoms with van der Waals surface area (Å²) in [6, 6.07) is 22.7. The van der Waals surface area contributed by atoms with Crippen LogP contribution in [-0.2, 0) is 22.6 Å². The number of aliphatic hydroxyl groups excluding tert-OH is 1. The fourth-order valence-corrected chi connectivity index (χ4v) is 5.45. The molecule has 224 valence electrons. The average molecular weight is 583 g/mol. The normalized spacial score (nSPS) is 16.0. The Morgan fingerprint density at radius 1 is 1.05 bits per heavy atom. The lowest BCUT2D eigenvalue weighted by molar-refractivity contribution is -0.128. The lowest BCUT2D eigenvalue weighted by atomic mass is 9.99. The first-order chi connectivity index (χ1) is 20.6. The number of anilines is 1. The van der Waals surface area contributed by atoms with Crippen LogP contribution in [0.3, 0.4) is 0 Å². The zero-order valence-electron chi connectivity index (χ0n) is 24.7. The van der Waals surface area contributed by atoms with Crippen molar-refractivity contribution in [3.05, 3.63) is 101 Å². The van der Waals surface area contributed by atoms with Gasteiger partial charge in [0.05, 0.1) is 18.3 Å². The Hall–Kier alpha value is -4.54. The van der Waals surface area contributed by atoms with Gasteiger partial charge in [-0.3, -0.25) is 14.6 Å². The van der Waals surface area contributed by atoms with Gasteiger partial charge in [-0.1, -0.05) is 60.7 Å². The number of fused-ring (bicyclic) bond motifs is 1. The summed E-state index contributed by atoms with van der Waals surface area (Å²) in [5.74, 6) is -0.369. The Bertz CT molecular complexity index is 1640. The van der Waals surface area contributed by atoms with E-state index in [2.05, 4.69) is 20.7 Å². The van der Waals surface area contributed by atoms with E-state index in [0.717, 1.165) is 27.9 Å². The van der Waals surface area contributed by atoms with E-state index < -0.39 is 17.7 Å². The maximum Gasteiger partial charge on any atom is 0.347 e. The van der Waals surface area contributed by atoms with Crippen molar-refractivity contribution in [2.24, 2.45) is 0 Å². The van der Waals surface area contributed by atoms with E-state index in [1.165, 1.54) is 11.0 Å². The molecule has 0 spiro atoms. The van der Waals surface area contributed by atoms with E-state index in [1.54, 1.807) is 11.8 Å². The Morgan fingerprint density at radius 2 is 1.74 bits per heavy atom. The molecule has 10 nitrogen and oxygen atoms in total. The minimum atomic E-state index is -0.661. The number of nitrogens with zero attached hydrogens (tertiary/aromatic N) is 3. The van der Waals surface area contributed by atoms with Gasteiger partial charge in [-0.25, -0.2) is 4.79 Å².